The van der Waals surface area contributed by atoms with Gasteiger partial charge in [0.05, 0.1) is 17.6 Å². The van der Waals surface area contributed by atoms with E-state index in [1.165, 1.54) is 34.4 Å². The van der Waals surface area contributed by atoms with Crippen LogP contribution >= 0.6 is 0 Å². The molecule has 0 unspecified atom stereocenters. The normalized spacial score (nSPS) is 16.3. The molecule has 0 amide bonds. The molecule has 0 fully saturated rings. The van der Waals surface area contributed by atoms with E-state index in [4.69, 9.17) is 24.9 Å². The van der Waals surface area contributed by atoms with Crippen molar-refractivity contribution in [1.29, 1.82) is 0 Å². The lowest BCUT2D eigenvalue weighted by atomic mass is 9.92. The summed E-state index contributed by atoms with van der Waals surface area (Å²) in [5, 5.41) is 19.5. The minimum atomic E-state index is -1.82. The maximum atomic E-state index is 9.10. The Hall–Kier alpha value is -3.71. The van der Waals surface area contributed by atoms with E-state index >= 15 is 0 Å². The molecule has 1 aliphatic heterocycles. The minimum Gasteiger partial charge on any atom is -0.473 e. The van der Waals surface area contributed by atoms with Crippen molar-refractivity contribution >= 4 is 17.5 Å². The first-order valence-corrected chi connectivity index (χ1v) is 11.1. The molecule has 2 aliphatic rings. The van der Waals surface area contributed by atoms with Gasteiger partial charge in [0.25, 0.3) is 0 Å². The SMILES string of the molecule is C(/CN1CCc2ccccc2C1)=C1/CCCc2c1cnn2-c1ccccc1.O=C(O)C(=O)O. The molecular weight excluding hydrogens is 418 g/mol. The second-order valence-corrected chi connectivity index (χ2v) is 8.20. The van der Waals surface area contributed by atoms with Crippen molar-refractivity contribution in [2.75, 3.05) is 13.1 Å². The van der Waals surface area contributed by atoms with E-state index in [2.05, 4.69) is 76.5 Å². The Balaban J connectivity index is 0.000000385. The Bertz CT molecular complexity index is 1160. The smallest absolute Gasteiger partial charge is 0.414 e. The van der Waals surface area contributed by atoms with Crippen LogP contribution < -0.4 is 0 Å². The zero-order valence-corrected chi connectivity index (χ0v) is 18.4. The Morgan fingerprint density at radius 3 is 2.33 bits per heavy atom. The molecule has 2 N–H and O–H groups in total. The van der Waals surface area contributed by atoms with Gasteiger partial charge >= 0.3 is 11.9 Å². The van der Waals surface area contributed by atoms with Crippen LogP contribution in [0, 0.1) is 0 Å². The summed E-state index contributed by atoms with van der Waals surface area (Å²) in [4.78, 5) is 20.8. The van der Waals surface area contributed by atoms with Crippen molar-refractivity contribution in [2.24, 2.45) is 0 Å². The van der Waals surface area contributed by atoms with Crippen molar-refractivity contribution in [1.82, 2.24) is 14.7 Å². The Labute approximate surface area is 192 Å². The van der Waals surface area contributed by atoms with Crippen LogP contribution in [-0.2, 0) is 29.0 Å². The number of nitrogens with zero attached hydrogens (tertiary/aromatic N) is 3. The van der Waals surface area contributed by atoms with Gasteiger partial charge in [-0.1, -0.05) is 48.5 Å². The fourth-order valence-corrected chi connectivity index (χ4v) is 4.42. The summed E-state index contributed by atoms with van der Waals surface area (Å²) in [6, 6.07) is 19.4. The molecule has 1 aromatic heterocycles. The molecule has 7 heteroatoms. The van der Waals surface area contributed by atoms with Crippen LogP contribution in [0.5, 0.6) is 0 Å². The second kappa shape index (κ2) is 10.3. The number of hydrogen-bond acceptors (Lipinski definition) is 4. The molecule has 170 valence electrons. The summed E-state index contributed by atoms with van der Waals surface area (Å²) in [6.45, 7) is 3.24. The lowest BCUT2D eigenvalue weighted by Crippen LogP contribution is -2.30. The van der Waals surface area contributed by atoms with Crippen LogP contribution in [0.4, 0.5) is 0 Å². The summed E-state index contributed by atoms with van der Waals surface area (Å²) in [5.41, 5.74) is 8.35. The molecule has 2 heterocycles. The lowest BCUT2D eigenvalue weighted by Gasteiger charge is -2.28. The topological polar surface area (TPSA) is 95.7 Å². The molecule has 7 nitrogen and oxygen atoms in total. The number of carbonyl (C=O) groups is 2. The van der Waals surface area contributed by atoms with Crippen molar-refractivity contribution in [3.05, 3.63) is 89.3 Å². The number of fused-ring (bicyclic) bond motifs is 2. The van der Waals surface area contributed by atoms with Crippen molar-refractivity contribution in [2.45, 2.75) is 32.2 Å². The predicted octanol–water partition coefficient (Wildman–Crippen LogP) is 3.81. The van der Waals surface area contributed by atoms with Gasteiger partial charge in [-0.25, -0.2) is 14.3 Å². The van der Waals surface area contributed by atoms with Gasteiger partial charge in [-0.15, -0.1) is 0 Å². The molecule has 2 aromatic carbocycles. The van der Waals surface area contributed by atoms with Crippen LogP contribution in [0.3, 0.4) is 0 Å². The van der Waals surface area contributed by atoms with Gasteiger partial charge in [0.15, 0.2) is 0 Å². The molecule has 0 spiro atoms. The number of allylic oxidation sites excluding steroid dienone is 1. The van der Waals surface area contributed by atoms with E-state index < -0.39 is 11.9 Å². The first-order valence-electron chi connectivity index (χ1n) is 11.1. The van der Waals surface area contributed by atoms with Gasteiger partial charge in [0, 0.05) is 25.2 Å². The highest BCUT2D eigenvalue weighted by atomic mass is 16.4. The first kappa shape index (κ1) is 22.5. The molecule has 0 radical (unpaired) electrons. The highest BCUT2D eigenvalue weighted by Crippen LogP contribution is 2.32. The van der Waals surface area contributed by atoms with E-state index in [0.717, 1.165) is 44.6 Å². The minimum absolute atomic E-state index is 1.03. The number of hydrogen-bond donors (Lipinski definition) is 2. The fourth-order valence-electron chi connectivity index (χ4n) is 4.42. The Morgan fingerprint density at radius 1 is 0.909 bits per heavy atom. The molecule has 3 aromatic rings. The predicted molar refractivity (Wildman–Crippen MR) is 125 cm³/mol. The average molecular weight is 446 g/mol. The molecule has 1 aliphatic carbocycles. The van der Waals surface area contributed by atoms with Crippen LogP contribution in [0.15, 0.2) is 66.9 Å². The zero-order chi connectivity index (χ0) is 23.2. The van der Waals surface area contributed by atoms with E-state index in [1.807, 2.05) is 0 Å². The number of carboxylic acid groups (broad SMARTS) is 2. The maximum Gasteiger partial charge on any atom is 0.414 e. The van der Waals surface area contributed by atoms with Gasteiger partial charge in [-0.05, 0) is 54.5 Å². The summed E-state index contributed by atoms with van der Waals surface area (Å²) >= 11 is 0. The summed E-state index contributed by atoms with van der Waals surface area (Å²) in [5.74, 6) is -3.65. The quantitative estimate of drug-likeness (QED) is 0.596. The van der Waals surface area contributed by atoms with Crippen LogP contribution in [-0.4, -0.2) is 49.9 Å². The van der Waals surface area contributed by atoms with E-state index in [0.29, 0.717) is 0 Å². The average Bonchev–Trinajstić information content (AvgIpc) is 3.28. The molecule has 0 saturated heterocycles. The van der Waals surface area contributed by atoms with Crippen LogP contribution in [0.2, 0.25) is 0 Å². The molecule has 33 heavy (non-hydrogen) atoms. The van der Waals surface area contributed by atoms with Gasteiger partial charge in [0.1, 0.15) is 0 Å². The largest absolute Gasteiger partial charge is 0.473 e. The fraction of sp³-hybridized carbons (Fsp3) is 0.269. The molecule has 0 atom stereocenters. The third-order valence-electron chi connectivity index (χ3n) is 6.06. The number of aliphatic carboxylic acids is 2. The van der Waals surface area contributed by atoms with Crippen LogP contribution in [0.25, 0.3) is 11.3 Å². The van der Waals surface area contributed by atoms with Gasteiger partial charge in [-0.3, -0.25) is 4.90 Å². The van der Waals surface area contributed by atoms with Gasteiger partial charge in [0.2, 0.25) is 0 Å². The molecule has 5 rings (SSSR count). The van der Waals surface area contributed by atoms with E-state index in [9.17, 15) is 0 Å². The summed E-state index contributed by atoms with van der Waals surface area (Å²) in [6.07, 6.45) is 9.16. The standard InChI is InChI=1S/C24H25N3.C2H2O4/c1-2-10-22(11-3-1)27-24-12-6-9-20(23(24)17-25-27)14-16-26-15-13-19-7-4-5-8-21(19)18-26;3-1(4)2(5)6/h1-5,7-8,10-11,14,17H,6,9,12-13,15-16,18H2;(H,3,4)(H,5,6)/b20-14+;. The number of rotatable bonds is 3. The first-order chi connectivity index (χ1) is 16.0. The summed E-state index contributed by atoms with van der Waals surface area (Å²) < 4.78 is 2.12. The number of carboxylic acids is 2. The molecular formula is C26H27N3O4. The lowest BCUT2D eigenvalue weighted by molar-refractivity contribution is -0.159. The highest BCUT2D eigenvalue weighted by molar-refractivity contribution is 6.27. The number of benzene rings is 2. The highest BCUT2D eigenvalue weighted by Gasteiger charge is 2.21. The zero-order valence-electron chi connectivity index (χ0n) is 18.4. The van der Waals surface area contributed by atoms with Crippen molar-refractivity contribution in [3.63, 3.8) is 0 Å². The monoisotopic (exact) mass is 445 g/mol. The van der Waals surface area contributed by atoms with E-state index in [1.54, 1.807) is 0 Å². The third-order valence-corrected chi connectivity index (χ3v) is 6.06. The van der Waals surface area contributed by atoms with Crippen molar-refractivity contribution in [3.8, 4) is 5.69 Å². The number of aromatic nitrogens is 2. The summed E-state index contributed by atoms with van der Waals surface area (Å²) in [7, 11) is 0. The van der Waals surface area contributed by atoms with Crippen molar-refractivity contribution < 1.29 is 19.8 Å². The van der Waals surface area contributed by atoms with Gasteiger partial charge < -0.3 is 10.2 Å². The third kappa shape index (κ3) is 5.38. The van der Waals surface area contributed by atoms with Gasteiger partial charge in [-0.2, -0.15) is 5.10 Å². The second-order valence-electron chi connectivity index (χ2n) is 8.20. The Morgan fingerprint density at radius 2 is 1.61 bits per heavy atom. The Kier molecular flexibility index (Phi) is 7.00. The molecule has 0 bridgehead atoms. The van der Waals surface area contributed by atoms with E-state index in [-0.39, 0.29) is 0 Å². The van der Waals surface area contributed by atoms with Crippen LogP contribution in [0.1, 0.15) is 35.2 Å². The molecule has 0 saturated carbocycles. The number of para-hydroxylation sites is 1. The maximum absolute atomic E-state index is 9.10.